The number of ether oxygens (including phenoxy) is 1. The number of hydrogen-bond donors (Lipinski definition) is 0. The zero-order valence-corrected chi connectivity index (χ0v) is 17.4. The number of esters is 1. The fourth-order valence-corrected chi connectivity index (χ4v) is 3.60. The number of rotatable bonds is 14. The maximum Gasteiger partial charge on any atom is 0.317 e. The van der Waals surface area contributed by atoms with E-state index in [-0.39, 0.29) is 11.9 Å². The molecule has 0 aliphatic carbocycles. The van der Waals surface area contributed by atoms with Gasteiger partial charge in [0, 0.05) is 0 Å². The van der Waals surface area contributed by atoms with Crippen molar-refractivity contribution in [3.63, 3.8) is 0 Å². The minimum atomic E-state index is -0.342. The van der Waals surface area contributed by atoms with Crippen LogP contribution in [0, 0.1) is 0 Å². The lowest BCUT2D eigenvalue weighted by atomic mass is 9.91. The minimum Gasteiger partial charge on any atom is -0.465 e. The summed E-state index contributed by atoms with van der Waals surface area (Å²) in [4.78, 5) is 12.8. The van der Waals surface area contributed by atoms with E-state index in [9.17, 15) is 4.79 Å². The second kappa shape index (κ2) is 14.0. The van der Waals surface area contributed by atoms with Crippen LogP contribution in [0.25, 0.3) is 0 Å². The molecule has 0 atom stereocenters. The second-order valence-electron chi connectivity index (χ2n) is 7.60. The van der Waals surface area contributed by atoms with Crippen LogP contribution in [0.4, 0.5) is 0 Å². The number of benzene rings is 2. The van der Waals surface area contributed by atoms with Crippen LogP contribution in [0.2, 0.25) is 0 Å². The summed E-state index contributed by atoms with van der Waals surface area (Å²) < 4.78 is 5.65. The van der Waals surface area contributed by atoms with Crippen molar-refractivity contribution in [3.05, 3.63) is 71.8 Å². The Morgan fingerprint density at radius 3 is 1.57 bits per heavy atom. The maximum absolute atomic E-state index is 12.8. The molecule has 0 fully saturated rings. The van der Waals surface area contributed by atoms with Gasteiger partial charge in [-0.2, -0.15) is 0 Å². The highest BCUT2D eigenvalue weighted by molar-refractivity contribution is 5.82. The van der Waals surface area contributed by atoms with Gasteiger partial charge in [-0.3, -0.25) is 4.79 Å². The van der Waals surface area contributed by atoms with Crippen molar-refractivity contribution in [1.82, 2.24) is 0 Å². The standard InChI is InChI=1S/C26H36O2/c1-2-3-4-5-6-7-8-9-10-17-22-28-26(27)25(23-18-13-11-14-19-23)24-20-15-12-16-21-24/h11-16,18-21,25H,2-10,17,22H2,1H3. The largest absolute Gasteiger partial charge is 0.465 e. The Morgan fingerprint density at radius 2 is 1.11 bits per heavy atom. The number of carbonyl (C=O) groups excluding carboxylic acids is 1. The third-order valence-corrected chi connectivity index (χ3v) is 5.24. The summed E-state index contributed by atoms with van der Waals surface area (Å²) >= 11 is 0. The molecule has 152 valence electrons. The summed E-state index contributed by atoms with van der Waals surface area (Å²) in [6.45, 7) is 2.78. The molecule has 2 aromatic carbocycles. The van der Waals surface area contributed by atoms with Crippen LogP contribution in [0.1, 0.15) is 88.2 Å². The molecule has 2 heteroatoms. The third kappa shape index (κ3) is 8.29. The lowest BCUT2D eigenvalue weighted by molar-refractivity contribution is -0.144. The van der Waals surface area contributed by atoms with Crippen molar-refractivity contribution in [2.24, 2.45) is 0 Å². The van der Waals surface area contributed by atoms with E-state index in [0.717, 1.165) is 24.0 Å². The molecule has 2 nitrogen and oxygen atoms in total. The molecule has 0 heterocycles. The SMILES string of the molecule is CCCCCCCCCCCCOC(=O)C(c1ccccc1)c1ccccc1. The van der Waals surface area contributed by atoms with E-state index in [0.29, 0.717) is 6.61 Å². The van der Waals surface area contributed by atoms with Crippen molar-refractivity contribution < 1.29 is 9.53 Å². The lowest BCUT2D eigenvalue weighted by Crippen LogP contribution is -2.18. The summed E-state index contributed by atoms with van der Waals surface area (Å²) in [5.41, 5.74) is 1.98. The van der Waals surface area contributed by atoms with Gasteiger partial charge in [-0.1, -0.05) is 125 Å². The molecule has 0 aliphatic heterocycles. The van der Waals surface area contributed by atoms with E-state index < -0.39 is 0 Å². The first kappa shape index (κ1) is 22.2. The maximum atomic E-state index is 12.8. The average molecular weight is 381 g/mol. The quantitative estimate of drug-likeness (QED) is 0.254. The Bertz CT molecular complexity index is 596. The average Bonchev–Trinajstić information content (AvgIpc) is 2.74. The topological polar surface area (TPSA) is 26.3 Å². The predicted molar refractivity (Wildman–Crippen MR) is 118 cm³/mol. The van der Waals surface area contributed by atoms with E-state index in [2.05, 4.69) is 6.92 Å². The van der Waals surface area contributed by atoms with Crippen LogP contribution in [-0.4, -0.2) is 12.6 Å². The lowest BCUT2D eigenvalue weighted by Gasteiger charge is -2.17. The first-order valence-electron chi connectivity index (χ1n) is 11.1. The van der Waals surface area contributed by atoms with Crippen LogP contribution in [0.3, 0.4) is 0 Å². The van der Waals surface area contributed by atoms with Gasteiger partial charge < -0.3 is 4.74 Å². The predicted octanol–water partition coefficient (Wildman–Crippen LogP) is 7.28. The van der Waals surface area contributed by atoms with Crippen LogP contribution in [0.5, 0.6) is 0 Å². The third-order valence-electron chi connectivity index (χ3n) is 5.24. The number of carbonyl (C=O) groups is 1. The molecular weight excluding hydrogens is 344 g/mol. The van der Waals surface area contributed by atoms with E-state index in [1.807, 2.05) is 60.7 Å². The van der Waals surface area contributed by atoms with Gasteiger partial charge in [-0.15, -0.1) is 0 Å². The summed E-state index contributed by atoms with van der Waals surface area (Å²) in [5.74, 6) is -0.487. The molecule has 0 radical (unpaired) electrons. The molecule has 2 rings (SSSR count). The Labute approximate surface area is 171 Å². The molecule has 0 spiro atoms. The van der Waals surface area contributed by atoms with E-state index in [4.69, 9.17) is 4.74 Å². The summed E-state index contributed by atoms with van der Waals surface area (Å²) in [6, 6.07) is 19.8. The molecule has 0 aromatic heterocycles. The molecule has 28 heavy (non-hydrogen) atoms. The van der Waals surface area contributed by atoms with Crippen molar-refractivity contribution in [1.29, 1.82) is 0 Å². The molecule has 0 unspecified atom stereocenters. The zero-order valence-electron chi connectivity index (χ0n) is 17.4. The zero-order chi connectivity index (χ0) is 19.9. The molecule has 0 bridgehead atoms. The fraction of sp³-hybridized carbons (Fsp3) is 0.500. The van der Waals surface area contributed by atoms with Gasteiger partial charge in [0.25, 0.3) is 0 Å². The van der Waals surface area contributed by atoms with E-state index >= 15 is 0 Å². The molecular formula is C26H36O2. The second-order valence-corrected chi connectivity index (χ2v) is 7.60. The summed E-state index contributed by atoms with van der Waals surface area (Å²) in [7, 11) is 0. The Kier molecular flexibility index (Phi) is 11.1. The molecule has 0 saturated carbocycles. The fourth-order valence-electron chi connectivity index (χ4n) is 3.60. The smallest absolute Gasteiger partial charge is 0.317 e. The minimum absolute atomic E-state index is 0.145. The Balaban J connectivity index is 1.69. The summed E-state index contributed by atoms with van der Waals surface area (Å²) in [5, 5.41) is 0. The number of hydrogen-bond acceptors (Lipinski definition) is 2. The number of unbranched alkanes of at least 4 members (excludes halogenated alkanes) is 9. The van der Waals surface area contributed by atoms with Crippen LogP contribution < -0.4 is 0 Å². The van der Waals surface area contributed by atoms with Crippen molar-refractivity contribution in [2.75, 3.05) is 6.61 Å². The normalized spacial score (nSPS) is 10.9. The van der Waals surface area contributed by atoms with Crippen molar-refractivity contribution in [2.45, 2.75) is 77.0 Å². The van der Waals surface area contributed by atoms with Gasteiger partial charge in [0.15, 0.2) is 0 Å². The van der Waals surface area contributed by atoms with Crippen LogP contribution >= 0.6 is 0 Å². The van der Waals surface area contributed by atoms with E-state index in [1.54, 1.807) is 0 Å². The Hall–Kier alpha value is -2.09. The van der Waals surface area contributed by atoms with Gasteiger partial charge in [0.2, 0.25) is 0 Å². The summed E-state index contributed by atoms with van der Waals surface area (Å²) in [6.07, 6.45) is 12.8. The van der Waals surface area contributed by atoms with Gasteiger partial charge in [-0.25, -0.2) is 0 Å². The highest BCUT2D eigenvalue weighted by atomic mass is 16.5. The van der Waals surface area contributed by atoms with Gasteiger partial charge in [0.1, 0.15) is 5.92 Å². The highest BCUT2D eigenvalue weighted by Gasteiger charge is 2.23. The first-order chi connectivity index (χ1) is 13.8. The van der Waals surface area contributed by atoms with E-state index in [1.165, 1.54) is 51.4 Å². The molecule has 0 N–H and O–H groups in total. The van der Waals surface area contributed by atoms with Gasteiger partial charge in [-0.05, 0) is 17.5 Å². The van der Waals surface area contributed by atoms with Crippen molar-refractivity contribution in [3.8, 4) is 0 Å². The van der Waals surface area contributed by atoms with Crippen LogP contribution in [0.15, 0.2) is 60.7 Å². The highest BCUT2D eigenvalue weighted by Crippen LogP contribution is 2.26. The van der Waals surface area contributed by atoms with Crippen molar-refractivity contribution >= 4 is 5.97 Å². The molecule has 0 saturated heterocycles. The first-order valence-corrected chi connectivity index (χ1v) is 11.1. The molecule has 0 amide bonds. The van der Waals surface area contributed by atoms with Gasteiger partial charge in [0.05, 0.1) is 6.61 Å². The Morgan fingerprint density at radius 1 is 0.679 bits per heavy atom. The monoisotopic (exact) mass is 380 g/mol. The van der Waals surface area contributed by atoms with Crippen LogP contribution in [-0.2, 0) is 9.53 Å². The van der Waals surface area contributed by atoms with Gasteiger partial charge >= 0.3 is 5.97 Å². The molecule has 2 aromatic rings. The molecule has 0 aliphatic rings.